The van der Waals surface area contributed by atoms with E-state index in [-0.39, 0.29) is 11.6 Å². The number of aromatic carboxylic acids is 1. The molecule has 2 amide bonds. The molecule has 114 valence electrons. The monoisotopic (exact) mass is 308 g/mol. The Labute approximate surface area is 128 Å². The van der Waals surface area contributed by atoms with Gasteiger partial charge in [-0.25, -0.2) is 9.59 Å². The number of benzene rings is 1. The first-order valence-electron chi connectivity index (χ1n) is 7.03. The van der Waals surface area contributed by atoms with Crippen LogP contribution in [0.2, 0.25) is 0 Å². The first-order chi connectivity index (χ1) is 10.1. The summed E-state index contributed by atoms with van der Waals surface area (Å²) in [5.74, 6) is 0.0515. The normalized spacial score (nSPS) is 18.3. The van der Waals surface area contributed by atoms with E-state index >= 15 is 0 Å². The van der Waals surface area contributed by atoms with Crippen molar-refractivity contribution in [2.24, 2.45) is 0 Å². The summed E-state index contributed by atoms with van der Waals surface area (Å²) < 4.78 is 0. The van der Waals surface area contributed by atoms with Crippen LogP contribution in [-0.4, -0.2) is 52.6 Å². The SMILES string of the molecule is CC1CN(C(=O)NCCc2cccc(C(=O)O)c2)CCS1. The molecule has 1 saturated heterocycles. The van der Waals surface area contributed by atoms with Crippen LogP contribution in [0.5, 0.6) is 0 Å². The summed E-state index contributed by atoms with van der Waals surface area (Å²) in [6.45, 7) is 4.21. The third-order valence-electron chi connectivity index (χ3n) is 3.39. The lowest BCUT2D eigenvalue weighted by molar-refractivity contribution is 0.0696. The van der Waals surface area contributed by atoms with E-state index < -0.39 is 5.97 Å². The van der Waals surface area contributed by atoms with E-state index in [0.717, 1.165) is 24.4 Å². The number of carbonyl (C=O) groups is 2. The Kier molecular flexibility index (Phi) is 5.50. The zero-order valence-electron chi connectivity index (χ0n) is 12.0. The number of amides is 2. The highest BCUT2D eigenvalue weighted by Crippen LogP contribution is 2.17. The number of carboxylic acids is 1. The smallest absolute Gasteiger partial charge is 0.335 e. The molecule has 0 aromatic heterocycles. The van der Waals surface area contributed by atoms with Crippen molar-refractivity contribution in [3.05, 3.63) is 35.4 Å². The molecule has 1 aliphatic heterocycles. The Balaban J connectivity index is 1.79. The minimum atomic E-state index is -0.930. The number of hydrogen-bond donors (Lipinski definition) is 2. The highest BCUT2D eigenvalue weighted by Gasteiger charge is 2.20. The van der Waals surface area contributed by atoms with Crippen molar-refractivity contribution < 1.29 is 14.7 Å². The predicted octanol–water partition coefficient (Wildman–Crippen LogP) is 2.07. The summed E-state index contributed by atoms with van der Waals surface area (Å²) in [5, 5.41) is 12.3. The van der Waals surface area contributed by atoms with Crippen LogP contribution in [0, 0.1) is 0 Å². The molecule has 1 aromatic carbocycles. The Morgan fingerprint density at radius 2 is 2.29 bits per heavy atom. The summed E-state index contributed by atoms with van der Waals surface area (Å²) in [7, 11) is 0. The van der Waals surface area contributed by atoms with Crippen molar-refractivity contribution in [1.29, 1.82) is 0 Å². The van der Waals surface area contributed by atoms with Gasteiger partial charge in [0.25, 0.3) is 0 Å². The quantitative estimate of drug-likeness (QED) is 0.893. The highest BCUT2D eigenvalue weighted by atomic mass is 32.2. The summed E-state index contributed by atoms with van der Waals surface area (Å²) >= 11 is 1.89. The van der Waals surface area contributed by atoms with Crippen molar-refractivity contribution in [2.75, 3.05) is 25.4 Å². The molecule has 5 nitrogen and oxygen atoms in total. The molecule has 2 N–H and O–H groups in total. The largest absolute Gasteiger partial charge is 0.478 e. The Bertz CT molecular complexity index is 521. The maximum absolute atomic E-state index is 12.0. The van der Waals surface area contributed by atoms with Gasteiger partial charge in [-0.2, -0.15) is 11.8 Å². The van der Waals surface area contributed by atoms with Gasteiger partial charge >= 0.3 is 12.0 Å². The maximum Gasteiger partial charge on any atom is 0.335 e. The van der Waals surface area contributed by atoms with Gasteiger partial charge in [0, 0.05) is 30.6 Å². The van der Waals surface area contributed by atoms with E-state index in [9.17, 15) is 9.59 Å². The molecule has 1 heterocycles. The molecule has 0 aliphatic carbocycles. The molecule has 0 bridgehead atoms. The third-order valence-corrected chi connectivity index (χ3v) is 4.53. The van der Waals surface area contributed by atoms with Crippen LogP contribution >= 0.6 is 11.8 Å². The van der Waals surface area contributed by atoms with Gasteiger partial charge < -0.3 is 15.3 Å². The Hall–Kier alpha value is -1.69. The number of urea groups is 1. The van der Waals surface area contributed by atoms with Crippen LogP contribution in [0.25, 0.3) is 0 Å². The number of carbonyl (C=O) groups excluding carboxylic acids is 1. The number of nitrogens with one attached hydrogen (secondary N) is 1. The van der Waals surface area contributed by atoms with Gasteiger partial charge in [-0.3, -0.25) is 0 Å². The fourth-order valence-corrected chi connectivity index (χ4v) is 3.30. The maximum atomic E-state index is 12.0. The Morgan fingerprint density at radius 1 is 1.48 bits per heavy atom. The lowest BCUT2D eigenvalue weighted by Crippen LogP contribution is -2.46. The van der Waals surface area contributed by atoms with E-state index in [1.807, 2.05) is 22.7 Å². The summed E-state index contributed by atoms with van der Waals surface area (Å²) in [4.78, 5) is 24.8. The summed E-state index contributed by atoms with van der Waals surface area (Å²) in [6.07, 6.45) is 0.630. The van der Waals surface area contributed by atoms with Crippen LogP contribution in [0.3, 0.4) is 0 Å². The molecule has 0 saturated carbocycles. The summed E-state index contributed by atoms with van der Waals surface area (Å²) in [6, 6.07) is 6.78. The minimum absolute atomic E-state index is 0.0310. The van der Waals surface area contributed by atoms with Gasteiger partial charge in [0.2, 0.25) is 0 Å². The first kappa shape index (κ1) is 15.7. The van der Waals surface area contributed by atoms with E-state index in [1.54, 1.807) is 18.2 Å². The topological polar surface area (TPSA) is 69.6 Å². The molecule has 1 aromatic rings. The number of thioether (sulfide) groups is 1. The van der Waals surface area contributed by atoms with Crippen LogP contribution in [0.15, 0.2) is 24.3 Å². The molecule has 6 heteroatoms. The third kappa shape index (κ3) is 4.67. The number of hydrogen-bond acceptors (Lipinski definition) is 3. The van der Waals surface area contributed by atoms with Crippen molar-refractivity contribution in [1.82, 2.24) is 10.2 Å². The Morgan fingerprint density at radius 3 is 3.00 bits per heavy atom. The molecule has 0 radical (unpaired) electrons. The zero-order chi connectivity index (χ0) is 15.2. The van der Waals surface area contributed by atoms with E-state index in [2.05, 4.69) is 12.2 Å². The van der Waals surface area contributed by atoms with Gasteiger partial charge in [0.05, 0.1) is 5.56 Å². The average Bonchev–Trinajstić information content (AvgIpc) is 2.47. The minimum Gasteiger partial charge on any atom is -0.478 e. The molecule has 1 fully saturated rings. The molecule has 2 rings (SSSR count). The zero-order valence-corrected chi connectivity index (χ0v) is 12.9. The molecule has 21 heavy (non-hydrogen) atoms. The van der Waals surface area contributed by atoms with Gasteiger partial charge in [0.1, 0.15) is 0 Å². The number of rotatable bonds is 4. The van der Waals surface area contributed by atoms with Crippen molar-refractivity contribution in [3.8, 4) is 0 Å². The molecule has 1 aliphatic rings. The fourth-order valence-electron chi connectivity index (χ4n) is 2.29. The van der Waals surface area contributed by atoms with Crippen LogP contribution in [0.4, 0.5) is 4.79 Å². The second-order valence-electron chi connectivity index (χ2n) is 5.11. The van der Waals surface area contributed by atoms with E-state index in [0.29, 0.717) is 18.2 Å². The molecular weight excluding hydrogens is 288 g/mol. The van der Waals surface area contributed by atoms with Crippen LogP contribution in [-0.2, 0) is 6.42 Å². The molecule has 1 unspecified atom stereocenters. The van der Waals surface area contributed by atoms with Crippen molar-refractivity contribution >= 4 is 23.8 Å². The standard InChI is InChI=1S/C15H20N2O3S/c1-11-10-17(7-8-21-11)15(20)16-6-5-12-3-2-4-13(9-12)14(18)19/h2-4,9,11H,5-8,10H2,1H3,(H,16,20)(H,18,19). The van der Waals surface area contributed by atoms with Gasteiger partial charge in [-0.05, 0) is 24.1 Å². The van der Waals surface area contributed by atoms with Crippen molar-refractivity contribution in [2.45, 2.75) is 18.6 Å². The lowest BCUT2D eigenvalue weighted by atomic mass is 10.1. The second kappa shape index (κ2) is 7.36. The summed E-state index contributed by atoms with van der Waals surface area (Å²) in [5.41, 5.74) is 1.19. The van der Waals surface area contributed by atoms with Gasteiger partial charge in [-0.1, -0.05) is 19.1 Å². The number of nitrogens with zero attached hydrogens (tertiary/aromatic N) is 1. The molecular formula is C15H20N2O3S. The predicted molar refractivity (Wildman–Crippen MR) is 84.0 cm³/mol. The van der Waals surface area contributed by atoms with E-state index in [1.165, 1.54) is 0 Å². The lowest BCUT2D eigenvalue weighted by Gasteiger charge is -2.30. The average molecular weight is 308 g/mol. The van der Waals surface area contributed by atoms with Crippen LogP contribution in [0.1, 0.15) is 22.8 Å². The fraction of sp³-hybridized carbons (Fsp3) is 0.467. The number of carboxylic acid groups (broad SMARTS) is 1. The van der Waals surface area contributed by atoms with Gasteiger partial charge in [-0.15, -0.1) is 0 Å². The van der Waals surface area contributed by atoms with Crippen LogP contribution < -0.4 is 5.32 Å². The first-order valence-corrected chi connectivity index (χ1v) is 8.08. The van der Waals surface area contributed by atoms with Gasteiger partial charge in [0.15, 0.2) is 0 Å². The van der Waals surface area contributed by atoms with E-state index in [4.69, 9.17) is 5.11 Å². The highest BCUT2D eigenvalue weighted by molar-refractivity contribution is 7.99. The second-order valence-corrected chi connectivity index (χ2v) is 6.66. The molecule has 1 atom stereocenters. The van der Waals surface area contributed by atoms with Crippen molar-refractivity contribution in [3.63, 3.8) is 0 Å². The molecule has 0 spiro atoms.